The molecule has 0 fully saturated rings. The number of para-hydroxylation sites is 1. The van der Waals surface area contributed by atoms with Gasteiger partial charge in [0.05, 0.1) is 46.3 Å². The van der Waals surface area contributed by atoms with Crippen LogP contribution in [0.4, 0.5) is 34.1 Å². The molecule has 5 heteroatoms. The Kier molecular flexibility index (Phi) is 8.67. The molecule has 8 rings (SSSR count). The molecule has 5 nitrogen and oxygen atoms in total. The second kappa shape index (κ2) is 13.8. The van der Waals surface area contributed by atoms with E-state index < -0.39 is 0 Å². The van der Waals surface area contributed by atoms with Crippen molar-refractivity contribution in [1.82, 2.24) is 0 Å². The Labute approximate surface area is 316 Å². The summed E-state index contributed by atoms with van der Waals surface area (Å²) in [6, 6.07) is 54.2. The van der Waals surface area contributed by atoms with Crippen LogP contribution in [0.25, 0.3) is 32.3 Å². The predicted molar refractivity (Wildman–Crippen MR) is 222 cm³/mol. The van der Waals surface area contributed by atoms with Gasteiger partial charge in [0.15, 0.2) is 0 Å². The molecule has 0 aliphatic rings. The fraction of sp³-hybridized carbons (Fsp3) is 0.122. The van der Waals surface area contributed by atoms with Crippen LogP contribution in [-0.4, -0.2) is 0 Å². The van der Waals surface area contributed by atoms with Gasteiger partial charge < -0.3 is 9.80 Å². The van der Waals surface area contributed by atoms with Crippen LogP contribution in [-0.2, 0) is 0 Å². The average molecular weight is 696 g/mol. The Morgan fingerprint density at radius 2 is 0.704 bits per heavy atom. The van der Waals surface area contributed by atoms with Crippen LogP contribution < -0.4 is 9.80 Å². The van der Waals surface area contributed by atoms with Gasteiger partial charge in [-0.15, -0.1) is 0 Å². The van der Waals surface area contributed by atoms with Crippen LogP contribution in [0.1, 0.15) is 67.3 Å². The van der Waals surface area contributed by atoms with E-state index in [-0.39, 0.29) is 11.8 Å². The summed E-state index contributed by atoms with van der Waals surface area (Å²) in [6.07, 6.45) is 0. The molecule has 0 atom stereocenters. The van der Waals surface area contributed by atoms with Crippen molar-refractivity contribution in [3.63, 3.8) is 0 Å². The lowest BCUT2D eigenvalue weighted by Gasteiger charge is -2.31. The molecule has 8 aromatic carbocycles. The lowest BCUT2D eigenvalue weighted by Crippen LogP contribution is -2.13. The van der Waals surface area contributed by atoms with Crippen LogP contribution in [0.5, 0.6) is 0 Å². The summed E-state index contributed by atoms with van der Waals surface area (Å²) in [5.74, 6) is 0.463. The normalized spacial score (nSPS) is 11.2. The lowest BCUT2D eigenvalue weighted by molar-refractivity contribution is 0.875. The Morgan fingerprint density at radius 1 is 0.389 bits per heavy atom. The highest BCUT2D eigenvalue weighted by molar-refractivity contribution is 6.29. The van der Waals surface area contributed by atoms with Crippen molar-refractivity contribution in [3.05, 3.63) is 167 Å². The summed E-state index contributed by atoms with van der Waals surface area (Å²) in [4.78, 5) is 4.56. The third-order valence-electron chi connectivity index (χ3n) is 10.4. The number of anilines is 6. The van der Waals surface area contributed by atoms with E-state index in [1.807, 2.05) is 78.9 Å². The van der Waals surface area contributed by atoms with Gasteiger partial charge in [0.2, 0.25) is 0 Å². The number of hydrogen-bond donors (Lipinski definition) is 0. The third kappa shape index (κ3) is 5.72. The van der Waals surface area contributed by atoms with Crippen LogP contribution in [0.15, 0.2) is 140 Å². The molecular formula is C49H37N5. The zero-order chi connectivity index (χ0) is 37.5. The molecule has 0 aliphatic carbocycles. The van der Waals surface area contributed by atoms with Crippen molar-refractivity contribution >= 4 is 66.4 Å². The number of nitrogens with zero attached hydrogens (tertiary/aromatic N) is 5. The standard InChI is InChI=1S/C49H37N5/c1-31(2)44-26-46(53(36-8-6-5-7-9-36)37-16-10-33(28-50)11-17-37)42-24-22-41-45(32(3)4)27-47(43-25-23-40(44)48(42)49(41)43)54(38-18-12-34(29-51)13-19-38)39-20-14-35(30-52)15-21-39/h5-27,31-32H,1-4H3. The monoisotopic (exact) mass is 695 g/mol. The van der Waals surface area contributed by atoms with Gasteiger partial charge >= 0.3 is 0 Å². The second-order valence-electron chi connectivity index (χ2n) is 14.3. The molecule has 0 radical (unpaired) electrons. The van der Waals surface area contributed by atoms with E-state index in [4.69, 9.17) is 0 Å². The Bertz CT molecular complexity index is 2720. The predicted octanol–water partition coefficient (Wildman–Crippen LogP) is 13.4. The van der Waals surface area contributed by atoms with E-state index in [1.54, 1.807) is 0 Å². The van der Waals surface area contributed by atoms with Crippen molar-refractivity contribution in [2.75, 3.05) is 9.80 Å². The number of nitriles is 3. The maximum Gasteiger partial charge on any atom is 0.0991 e. The van der Waals surface area contributed by atoms with E-state index in [1.165, 1.54) is 32.7 Å². The lowest BCUT2D eigenvalue weighted by atomic mass is 9.84. The maximum absolute atomic E-state index is 9.64. The smallest absolute Gasteiger partial charge is 0.0991 e. The molecular weight excluding hydrogens is 659 g/mol. The van der Waals surface area contributed by atoms with E-state index in [9.17, 15) is 15.8 Å². The highest BCUT2D eigenvalue weighted by atomic mass is 15.1. The molecule has 0 aliphatic heterocycles. The van der Waals surface area contributed by atoms with Crippen molar-refractivity contribution in [1.29, 1.82) is 15.8 Å². The SMILES string of the molecule is CC(C)c1cc(N(c2ccccc2)c2ccc(C#N)cc2)c2ccc3c(C(C)C)cc(N(c4ccc(C#N)cc4)c4ccc(C#N)cc4)c4ccc1c2c34. The Balaban J connectivity index is 1.50. The van der Waals surface area contributed by atoms with Gasteiger partial charge in [-0.1, -0.05) is 70.2 Å². The largest absolute Gasteiger partial charge is 0.310 e. The fourth-order valence-electron chi connectivity index (χ4n) is 7.82. The molecule has 0 N–H and O–H groups in total. The summed E-state index contributed by atoms with van der Waals surface area (Å²) >= 11 is 0. The van der Waals surface area contributed by atoms with Crippen molar-refractivity contribution < 1.29 is 0 Å². The van der Waals surface area contributed by atoms with Crippen molar-refractivity contribution in [2.24, 2.45) is 0 Å². The molecule has 258 valence electrons. The molecule has 0 saturated heterocycles. The second-order valence-corrected chi connectivity index (χ2v) is 14.3. The molecule has 0 aromatic heterocycles. The highest BCUT2D eigenvalue weighted by Crippen LogP contribution is 2.50. The van der Waals surface area contributed by atoms with E-state index >= 15 is 0 Å². The van der Waals surface area contributed by atoms with Gasteiger partial charge in [-0.2, -0.15) is 15.8 Å². The Hall–Kier alpha value is -7.13. The first-order chi connectivity index (χ1) is 26.3. The zero-order valence-electron chi connectivity index (χ0n) is 30.7. The number of hydrogen-bond acceptors (Lipinski definition) is 5. The van der Waals surface area contributed by atoms with Gasteiger partial charge in [0.1, 0.15) is 0 Å². The zero-order valence-corrected chi connectivity index (χ0v) is 30.7. The van der Waals surface area contributed by atoms with E-state index in [0.29, 0.717) is 16.7 Å². The highest BCUT2D eigenvalue weighted by Gasteiger charge is 2.26. The van der Waals surface area contributed by atoms with Gasteiger partial charge in [-0.25, -0.2) is 0 Å². The first-order valence-electron chi connectivity index (χ1n) is 18.3. The topological polar surface area (TPSA) is 77.8 Å². The molecule has 0 amide bonds. The minimum atomic E-state index is 0.223. The van der Waals surface area contributed by atoms with Crippen LogP contribution >= 0.6 is 0 Å². The molecule has 0 heterocycles. The molecule has 54 heavy (non-hydrogen) atoms. The molecule has 0 unspecified atom stereocenters. The van der Waals surface area contributed by atoms with E-state index in [2.05, 4.69) is 116 Å². The first kappa shape index (κ1) is 34.0. The Morgan fingerprint density at radius 3 is 1.02 bits per heavy atom. The van der Waals surface area contributed by atoms with Crippen LogP contribution in [0.2, 0.25) is 0 Å². The van der Waals surface area contributed by atoms with E-state index in [0.717, 1.165) is 44.9 Å². The summed E-state index contributed by atoms with van der Waals surface area (Å²) in [5, 5.41) is 36.0. The molecule has 0 saturated carbocycles. The molecule has 8 aromatic rings. The number of benzene rings is 8. The molecule has 0 spiro atoms. The van der Waals surface area contributed by atoms with Gasteiger partial charge in [-0.05, 0) is 142 Å². The fourth-order valence-corrected chi connectivity index (χ4v) is 7.82. The molecule has 0 bridgehead atoms. The van der Waals surface area contributed by atoms with Crippen molar-refractivity contribution in [3.8, 4) is 18.2 Å². The van der Waals surface area contributed by atoms with Gasteiger partial charge in [0, 0.05) is 33.5 Å². The summed E-state index contributed by atoms with van der Waals surface area (Å²) in [7, 11) is 0. The maximum atomic E-state index is 9.64. The third-order valence-corrected chi connectivity index (χ3v) is 10.4. The minimum Gasteiger partial charge on any atom is -0.310 e. The quantitative estimate of drug-likeness (QED) is 0.148. The first-order valence-corrected chi connectivity index (χ1v) is 18.3. The summed E-state index contributed by atoms with van der Waals surface area (Å²) in [6.45, 7) is 9.01. The van der Waals surface area contributed by atoms with Crippen LogP contribution in [0.3, 0.4) is 0 Å². The number of rotatable bonds is 8. The summed E-state index contributed by atoms with van der Waals surface area (Å²) in [5.41, 5.74) is 10.2. The van der Waals surface area contributed by atoms with Crippen molar-refractivity contribution in [2.45, 2.75) is 39.5 Å². The minimum absolute atomic E-state index is 0.223. The van der Waals surface area contributed by atoms with Crippen LogP contribution in [0, 0.1) is 34.0 Å². The summed E-state index contributed by atoms with van der Waals surface area (Å²) < 4.78 is 0. The average Bonchev–Trinajstić information content (AvgIpc) is 3.21. The van der Waals surface area contributed by atoms with Gasteiger partial charge in [0.25, 0.3) is 0 Å². The van der Waals surface area contributed by atoms with Gasteiger partial charge in [-0.3, -0.25) is 0 Å².